The maximum atomic E-state index is 2.52. The van der Waals surface area contributed by atoms with Gasteiger partial charge in [-0.3, -0.25) is 13.7 Å². The van der Waals surface area contributed by atoms with Crippen molar-refractivity contribution in [3.05, 3.63) is 175 Å². The second-order valence-corrected chi connectivity index (χ2v) is 11.8. The summed E-state index contributed by atoms with van der Waals surface area (Å²) >= 11 is 0. The van der Waals surface area contributed by atoms with Crippen LogP contribution in [0.25, 0.3) is 40.0 Å². The van der Waals surface area contributed by atoms with Crippen LogP contribution in [0.4, 0.5) is 0 Å². The maximum absolute atomic E-state index is 2.52. The maximum Gasteiger partial charge on any atom is 0.240 e. The fourth-order valence-electron chi connectivity index (χ4n) is 7.32. The highest BCUT2D eigenvalue weighted by atomic mass is 15.2. The number of benzene rings is 6. The largest absolute Gasteiger partial charge is 0.295 e. The molecule has 3 nitrogen and oxygen atoms in total. The van der Waals surface area contributed by atoms with Crippen LogP contribution in [0.1, 0.15) is 0 Å². The molecule has 7 aromatic rings. The molecule has 0 N–H and O–H groups in total. The van der Waals surface area contributed by atoms with Crippen LogP contribution < -0.4 is 32.8 Å². The van der Waals surface area contributed by atoms with Gasteiger partial charge in [-0.2, -0.15) is 0 Å². The second kappa shape index (κ2) is 10.5. The SMILES string of the molecule is C1=c2n3c(n(-c4ccccc4)c4ccccc4n2-c2ccccc2)=CB(c2ccccc2)c2cccc(c2-3)B1c1ccccc1. The van der Waals surface area contributed by atoms with Gasteiger partial charge in [0.2, 0.25) is 13.4 Å². The van der Waals surface area contributed by atoms with Crippen LogP contribution in [0.2, 0.25) is 0 Å². The molecule has 0 bridgehead atoms. The van der Waals surface area contributed by atoms with E-state index in [-0.39, 0.29) is 13.4 Å². The second-order valence-electron chi connectivity index (χ2n) is 11.8. The Morgan fingerprint density at radius 1 is 0.333 bits per heavy atom. The average molecular weight is 573 g/mol. The Morgan fingerprint density at radius 2 is 0.711 bits per heavy atom. The van der Waals surface area contributed by atoms with Crippen molar-refractivity contribution in [1.82, 2.24) is 13.7 Å². The van der Waals surface area contributed by atoms with E-state index >= 15 is 0 Å². The van der Waals surface area contributed by atoms with Crippen molar-refractivity contribution < 1.29 is 0 Å². The minimum Gasteiger partial charge on any atom is -0.295 e. The van der Waals surface area contributed by atoms with E-state index in [1.165, 1.54) is 27.5 Å². The summed E-state index contributed by atoms with van der Waals surface area (Å²) in [5.74, 6) is 4.94. The molecule has 1 aromatic heterocycles. The Labute approximate surface area is 263 Å². The molecule has 210 valence electrons. The minimum atomic E-state index is 0.0878. The third kappa shape index (κ3) is 4.08. The highest BCUT2D eigenvalue weighted by molar-refractivity contribution is 6.99. The predicted molar refractivity (Wildman–Crippen MR) is 191 cm³/mol. The van der Waals surface area contributed by atoms with Gasteiger partial charge in [-0.25, -0.2) is 0 Å². The lowest BCUT2D eigenvalue weighted by Crippen LogP contribution is -2.61. The molecule has 2 aliphatic rings. The Kier molecular flexibility index (Phi) is 6.02. The number of aromatic nitrogens is 3. The Balaban J connectivity index is 1.58. The molecule has 3 heterocycles. The Bertz CT molecular complexity index is 2210. The van der Waals surface area contributed by atoms with Crippen molar-refractivity contribution in [1.29, 1.82) is 0 Å². The zero-order valence-corrected chi connectivity index (χ0v) is 24.7. The molecule has 45 heavy (non-hydrogen) atoms. The van der Waals surface area contributed by atoms with Crippen LogP contribution in [0.15, 0.2) is 164 Å². The van der Waals surface area contributed by atoms with Gasteiger partial charge in [0.15, 0.2) is 0 Å². The molecule has 0 atom stereocenters. The summed E-state index contributed by atoms with van der Waals surface area (Å²) < 4.78 is 7.42. The van der Waals surface area contributed by atoms with Crippen molar-refractivity contribution in [2.75, 3.05) is 0 Å². The topological polar surface area (TPSA) is 14.8 Å². The number of rotatable bonds is 4. The lowest BCUT2D eigenvalue weighted by atomic mass is 9.35. The van der Waals surface area contributed by atoms with Crippen LogP contribution in [0, 0.1) is 0 Å². The molecule has 0 saturated carbocycles. The Hall–Kier alpha value is -5.67. The molecule has 0 unspecified atom stereocenters. The van der Waals surface area contributed by atoms with E-state index in [9.17, 15) is 0 Å². The first-order valence-electron chi connectivity index (χ1n) is 15.6. The highest BCUT2D eigenvalue weighted by Crippen LogP contribution is 2.21. The van der Waals surface area contributed by atoms with E-state index in [0.29, 0.717) is 0 Å². The molecule has 0 fully saturated rings. The number of nitrogens with zero attached hydrogens (tertiary/aromatic N) is 3. The van der Waals surface area contributed by atoms with E-state index in [1.54, 1.807) is 0 Å². The van der Waals surface area contributed by atoms with Crippen LogP contribution >= 0.6 is 0 Å². The monoisotopic (exact) mass is 573 g/mol. The van der Waals surface area contributed by atoms with Gasteiger partial charge < -0.3 is 0 Å². The zero-order valence-electron chi connectivity index (χ0n) is 24.7. The number of para-hydroxylation sites is 5. The van der Waals surface area contributed by atoms with Gasteiger partial charge in [0, 0.05) is 17.1 Å². The lowest BCUT2D eigenvalue weighted by molar-refractivity contribution is 0.817. The van der Waals surface area contributed by atoms with Crippen LogP contribution in [-0.4, -0.2) is 27.1 Å². The Morgan fingerprint density at radius 3 is 1.13 bits per heavy atom. The highest BCUT2D eigenvalue weighted by Gasteiger charge is 2.34. The summed E-state index contributed by atoms with van der Waals surface area (Å²) in [7, 11) is 0. The van der Waals surface area contributed by atoms with Crippen LogP contribution in [-0.2, 0) is 0 Å². The smallest absolute Gasteiger partial charge is 0.240 e. The number of fused-ring (bicyclic) bond motifs is 1. The van der Waals surface area contributed by atoms with Crippen molar-refractivity contribution in [2.45, 2.75) is 0 Å². The quantitative estimate of drug-likeness (QED) is 0.281. The zero-order chi connectivity index (χ0) is 29.7. The van der Waals surface area contributed by atoms with Crippen molar-refractivity contribution in [3.8, 4) is 17.1 Å². The van der Waals surface area contributed by atoms with Gasteiger partial charge in [-0.1, -0.05) is 150 Å². The molecule has 2 aliphatic heterocycles. The van der Waals surface area contributed by atoms with Crippen molar-refractivity contribution >= 4 is 58.3 Å². The molecule has 0 amide bonds. The van der Waals surface area contributed by atoms with E-state index in [4.69, 9.17) is 0 Å². The molecule has 0 radical (unpaired) electrons. The fourth-order valence-corrected chi connectivity index (χ4v) is 7.32. The van der Waals surface area contributed by atoms with E-state index in [1.807, 2.05) is 0 Å². The summed E-state index contributed by atoms with van der Waals surface area (Å²) in [6, 6.07) is 59.2. The molecule has 9 rings (SSSR count). The summed E-state index contributed by atoms with van der Waals surface area (Å²) in [5.41, 5.74) is 13.3. The first-order valence-corrected chi connectivity index (χ1v) is 15.6. The summed E-state index contributed by atoms with van der Waals surface area (Å²) in [5, 5.41) is 0. The normalized spacial score (nSPS) is 12.7. The van der Waals surface area contributed by atoms with Gasteiger partial charge >= 0.3 is 0 Å². The third-order valence-corrected chi connectivity index (χ3v) is 9.25. The summed E-state index contributed by atoms with van der Waals surface area (Å²) in [4.78, 5) is 0. The van der Waals surface area contributed by atoms with E-state index in [2.05, 4.69) is 189 Å². The standard InChI is InChI=1S/C40H29B2N3/c1-5-16-30(17-6-1)41-28-38-43(32-20-9-3-10-21-32)36-26-13-14-27-37(36)44(33-22-11-4-12-23-33)39-29-42(31-18-7-2-8-19-31)35-25-15-24-34(41)40(35)45(38)39/h1-29H. The van der Waals surface area contributed by atoms with Crippen LogP contribution in [0.3, 0.4) is 0 Å². The molecule has 0 saturated heterocycles. The molecule has 0 spiro atoms. The fraction of sp³-hybridized carbons (Fsp3) is 0. The summed E-state index contributed by atoms with van der Waals surface area (Å²) in [6.07, 6.45) is 0. The minimum absolute atomic E-state index is 0.0878. The lowest BCUT2D eigenvalue weighted by Gasteiger charge is -2.31. The first-order chi connectivity index (χ1) is 22.4. The summed E-state index contributed by atoms with van der Waals surface area (Å²) in [6.45, 7) is 0.176. The third-order valence-electron chi connectivity index (χ3n) is 9.25. The van der Waals surface area contributed by atoms with Gasteiger partial charge in [-0.05, 0) is 47.3 Å². The molecule has 6 aromatic carbocycles. The molecular weight excluding hydrogens is 544 g/mol. The van der Waals surface area contributed by atoms with Crippen molar-refractivity contribution in [2.24, 2.45) is 0 Å². The predicted octanol–water partition coefficient (Wildman–Crippen LogP) is 4.22. The van der Waals surface area contributed by atoms with E-state index < -0.39 is 0 Å². The molecular formula is C40H29B2N3. The molecule has 5 heteroatoms. The number of hydrogen-bond acceptors (Lipinski definition) is 0. The van der Waals surface area contributed by atoms with Gasteiger partial charge in [0.1, 0.15) is 11.0 Å². The average Bonchev–Trinajstić information content (AvgIpc) is 3.24. The number of hydrogen-bond donors (Lipinski definition) is 0. The van der Waals surface area contributed by atoms with E-state index in [0.717, 1.165) is 33.4 Å². The van der Waals surface area contributed by atoms with Gasteiger partial charge in [-0.15, -0.1) is 0 Å². The van der Waals surface area contributed by atoms with Gasteiger partial charge in [0.25, 0.3) is 0 Å². The van der Waals surface area contributed by atoms with Gasteiger partial charge in [0.05, 0.1) is 11.0 Å². The molecule has 0 aliphatic carbocycles. The first kappa shape index (κ1) is 25.8. The van der Waals surface area contributed by atoms with Crippen LogP contribution in [0.5, 0.6) is 0 Å². The van der Waals surface area contributed by atoms with Crippen molar-refractivity contribution in [3.63, 3.8) is 0 Å².